The van der Waals surface area contributed by atoms with E-state index in [1.807, 2.05) is 73.0 Å². The van der Waals surface area contributed by atoms with Crippen molar-refractivity contribution in [2.24, 2.45) is 0 Å². The van der Waals surface area contributed by atoms with Gasteiger partial charge in [0.1, 0.15) is 22.1 Å². The van der Waals surface area contributed by atoms with Crippen LogP contribution in [0.1, 0.15) is 28.7 Å². The second-order valence-electron chi connectivity index (χ2n) is 9.29. The lowest BCUT2D eigenvalue weighted by molar-refractivity contribution is -0.154. The lowest BCUT2D eigenvalue weighted by atomic mass is 10.0. The smallest absolute Gasteiger partial charge is 0.356 e. The number of allylic oxidation sites excluding steroid dienone is 1. The molecule has 1 saturated heterocycles. The highest BCUT2D eigenvalue weighted by Gasteiger charge is 2.54. The fourth-order valence-corrected chi connectivity index (χ4v) is 7.55. The number of nitrogens with one attached hydrogen (secondary N) is 1. The van der Waals surface area contributed by atoms with Gasteiger partial charge >= 0.3 is 5.97 Å². The van der Waals surface area contributed by atoms with E-state index in [1.54, 1.807) is 6.08 Å². The zero-order valence-corrected chi connectivity index (χ0v) is 26.3. The van der Waals surface area contributed by atoms with Crippen molar-refractivity contribution in [1.82, 2.24) is 20.4 Å². The average molecular weight is 686 g/mol. The second-order valence-corrected chi connectivity index (χ2v) is 13.3. The summed E-state index contributed by atoms with van der Waals surface area (Å²) < 4.78 is 6.90. The molecule has 0 aliphatic carbocycles. The van der Waals surface area contributed by atoms with E-state index in [0.29, 0.717) is 11.3 Å². The molecule has 1 N–H and O–H groups in total. The van der Waals surface area contributed by atoms with Gasteiger partial charge in [0.25, 0.3) is 5.91 Å². The molecule has 1 aromatic heterocycles. The summed E-state index contributed by atoms with van der Waals surface area (Å²) in [5, 5.41) is 13.0. The number of nitrogens with zero attached hydrogens (tertiary/aromatic N) is 3. The van der Waals surface area contributed by atoms with Gasteiger partial charge in [-0.05, 0) is 35.1 Å². The monoisotopic (exact) mass is 684 g/mol. The minimum atomic E-state index is -0.850. The molecule has 2 atom stereocenters. The molecule has 2 aliphatic heterocycles. The van der Waals surface area contributed by atoms with Gasteiger partial charge in [0, 0.05) is 5.75 Å². The second kappa shape index (κ2) is 13.8. The van der Waals surface area contributed by atoms with Gasteiger partial charge in [-0.15, -0.1) is 22.0 Å². The van der Waals surface area contributed by atoms with Crippen LogP contribution in [-0.2, 0) is 23.9 Å². The number of alkyl halides is 1. The van der Waals surface area contributed by atoms with Gasteiger partial charge in [0.15, 0.2) is 16.2 Å². The van der Waals surface area contributed by atoms with E-state index in [-0.39, 0.29) is 23.2 Å². The largest absolute Gasteiger partial charge is 0.448 e. The molecule has 0 spiro atoms. The average Bonchev–Trinajstić information content (AvgIpc) is 3.43. The molecule has 3 aromatic rings. The number of ketones is 1. The number of carbonyl (C=O) groups is 4. The Hall–Kier alpha value is -3.26. The summed E-state index contributed by atoms with van der Waals surface area (Å²) in [7, 11) is 0. The molecular formula is C29H25BrN4O5S3. The number of benzene rings is 2. The van der Waals surface area contributed by atoms with Crippen LogP contribution in [0, 0.1) is 6.92 Å². The normalized spacial score (nSPS) is 18.2. The number of hydrogen-bond acceptors (Lipinski definition) is 10. The third-order valence-electron chi connectivity index (χ3n) is 6.39. The summed E-state index contributed by atoms with van der Waals surface area (Å²) in [6.07, 6.45) is 0.754. The quantitative estimate of drug-likeness (QED) is 0.1000. The first-order chi connectivity index (χ1) is 20.4. The van der Waals surface area contributed by atoms with E-state index in [9.17, 15) is 19.2 Å². The van der Waals surface area contributed by atoms with Crippen LogP contribution >= 0.6 is 50.8 Å². The summed E-state index contributed by atoms with van der Waals surface area (Å²) in [6, 6.07) is 18.0. The van der Waals surface area contributed by atoms with Crippen molar-refractivity contribution in [3.63, 3.8) is 0 Å². The molecule has 1 fully saturated rings. The van der Waals surface area contributed by atoms with Crippen LogP contribution < -0.4 is 5.32 Å². The number of Topliss-reactive ketones (excluding diaryl/α,β-unsaturated/α-hetero) is 1. The number of β-lactam (4-membered cyclic amide) rings is 1. The summed E-state index contributed by atoms with van der Waals surface area (Å²) in [5.41, 5.74) is 2.32. The van der Waals surface area contributed by atoms with Gasteiger partial charge in [-0.3, -0.25) is 19.3 Å². The number of aryl methyl sites for hydroxylation is 1. The molecule has 0 radical (unpaired) electrons. The first kappa shape index (κ1) is 30.2. The summed E-state index contributed by atoms with van der Waals surface area (Å²) in [4.78, 5) is 52.8. The number of thioether (sulfide) groups is 2. The Morgan fingerprint density at radius 3 is 2.38 bits per heavy atom. The van der Waals surface area contributed by atoms with Crippen LogP contribution in [0.25, 0.3) is 0 Å². The van der Waals surface area contributed by atoms with Crippen molar-refractivity contribution in [3.05, 3.63) is 99.6 Å². The first-order valence-corrected chi connectivity index (χ1v) is 16.7. The number of halogens is 1. The molecule has 42 heavy (non-hydrogen) atoms. The third kappa shape index (κ3) is 6.86. The minimum absolute atomic E-state index is 0.0520. The molecule has 216 valence electrons. The van der Waals surface area contributed by atoms with Gasteiger partial charge in [0.2, 0.25) is 5.91 Å². The van der Waals surface area contributed by atoms with E-state index >= 15 is 0 Å². The van der Waals surface area contributed by atoms with Crippen LogP contribution in [0.3, 0.4) is 0 Å². The molecule has 0 saturated carbocycles. The molecular weight excluding hydrogens is 660 g/mol. The van der Waals surface area contributed by atoms with Crippen LogP contribution in [0.15, 0.2) is 87.8 Å². The Labute approximate surface area is 263 Å². The summed E-state index contributed by atoms with van der Waals surface area (Å²) in [6.45, 7) is 1.87. The van der Waals surface area contributed by atoms with Gasteiger partial charge in [-0.2, -0.15) is 0 Å². The van der Waals surface area contributed by atoms with Crippen LogP contribution in [-0.4, -0.2) is 61.2 Å². The molecule has 13 heteroatoms. The van der Waals surface area contributed by atoms with E-state index in [0.717, 1.165) is 20.5 Å². The predicted molar refractivity (Wildman–Crippen MR) is 166 cm³/mol. The standard InChI is InChI=1S/C29H25BrN4O5S3/c1-17-32-33-29(42-17)40-13-12-20-16-41-27-23(31-22(36)14-21(35)15-30)26(37)34(27)24(20)28(38)39-25(18-8-4-2-5-9-18)19-10-6-3-7-11-19/h2-13,23,25,27H,14-16H2,1H3,(H,31,36). The fraction of sp³-hybridized carbons (Fsp3) is 0.241. The highest BCUT2D eigenvalue weighted by atomic mass is 79.9. The van der Waals surface area contributed by atoms with Gasteiger partial charge < -0.3 is 10.1 Å². The Balaban J connectivity index is 1.44. The minimum Gasteiger partial charge on any atom is -0.448 e. The number of esters is 1. The maximum atomic E-state index is 14.0. The number of aromatic nitrogens is 2. The fourth-order valence-electron chi connectivity index (χ4n) is 4.46. The first-order valence-electron chi connectivity index (χ1n) is 12.8. The third-order valence-corrected chi connectivity index (χ3v) is 10.0. The van der Waals surface area contributed by atoms with Crippen molar-refractivity contribution in [2.75, 3.05) is 11.1 Å². The molecule has 9 nitrogen and oxygen atoms in total. The SMILES string of the molecule is Cc1nnc(SC=CC2=C(C(=O)OC(c3ccccc3)c3ccccc3)N3C(=O)C(NC(=O)CC(=O)CBr)C3SC2)s1. The molecule has 2 unspecified atom stereocenters. The molecule has 2 aliphatic rings. The lowest BCUT2D eigenvalue weighted by Gasteiger charge is -2.49. The number of fused-ring (bicyclic) bond motifs is 1. The van der Waals surface area contributed by atoms with E-state index in [1.165, 1.54) is 39.8 Å². The van der Waals surface area contributed by atoms with E-state index < -0.39 is 35.3 Å². The molecule has 2 amide bonds. The molecule has 5 rings (SSSR count). The van der Waals surface area contributed by atoms with Crippen molar-refractivity contribution in [2.45, 2.75) is 35.2 Å². The van der Waals surface area contributed by atoms with E-state index in [4.69, 9.17) is 4.74 Å². The highest BCUT2D eigenvalue weighted by molar-refractivity contribution is 9.09. The zero-order valence-electron chi connectivity index (χ0n) is 22.3. The Morgan fingerprint density at radius 2 is 1.79 bits per heavy atom. The molecule has 0 bridgehead atoms. The van der Waals surface area contributed by atoms with Crippen molar-refractivity contribution in [1.29, 1.82) is 0 Å². The molecule has 3 heterocycles. The van der Waals surface area contributed by atoms with Crippen molar-refractivity contribution >= 4 is 74.4 Å². The van der Waals surface area contributed by atoms with Gasteiger partial charge in [0.05, 0.1) is 11.8 Å². The summed E-state index contributed by atoms with van der Waals surface area (Å²) >= 11 is 7.29. The predicted octanol–water partition coefficient (Wildman–Crippen LogP) is 4.79. The number of amides is 2. The van der Waals surface area contributed by atoms with Gasteiger partial charge in [-0.25, -0.2) is 4.79 Å². The van der Waals surface area contributed by atoms with E-state index in [2.05, 4.69) is 31.4 Å². The maximum Gasteiger partial charge on any atom is 0.356 e. The number of ether oxygens (including phenoxy) is 1. The summed E-state index contributed by atoms with van der Waals surface area (Å²) in [5.74, 6) is -1.51. The molecule has 2 aromatic carbocycles. The Kier molecular flexibility index (Phi) is 9.93. The number of carbonyl (C=O) groups excluding carboxylic acids is 4. The zero-order chi connectivity index (χ0) is 29.6. The lowest BCUT2D eigenvalue weighted by Crippen LogP contribution is -2.70. The maximum absolute atomic E-state index is 14.0. The Bertz CT molecular complexity index is 1510. The Morgan fingerprint density at radius 1 is 1.12 bits per heavy atom. The van der Waals surface area contributed by atoms with Crippen molar-refractivity contribution < 1.29 is 23.9 Å². The number of hydrogen-bond donors (Lipinski definition) is 1. The van der Waals surface area contributed by atoms with Crippen LogP contribution in [0.2, 0.25) is 0 Å². The van der Waals surface area contributed by atoms with Crippen LogP contribution in [0.4, 0.5) is 0 Å². The van der Waals surface area contributed by atoms with Crippen LogP contribution in [0.5, 0.6) is 0 Å². The highest BCUT2D eigenvalue weighted by Crippen LogP contribution is 2.42. The topological polar surface area (TPSA) is 119 Å². The van der Waals surface area contributed by atoms with Gasteiger partial charge in [-0.1, -0.05) is 99.7 Å². The number of rotatable bonds is 11. The van der Waals surface area contributed by atoms with Crippen molar-refractivity contribution in [3.8, 4) is 0 Å².